The molecule has 28 heavy (non-hydrogen) atoms. The minimum atomic E-state index is 0.120. The van der Waals surface area contributed by atoms with Crippen molar-refractivity contribution in [3.8, 4) is 11.1 Å². The summed E-state index contributed by atoms with van der Waals surface area (Å²) in [6, 6.07) is 25.2. The zero-order valence-corrected chi connectivity index (χ0v) is 15.6. The van der Waals surface area contributed by atoms with Crippen molar-refractivity contribution in [2.24, 2.45) is 0 Å². The molecular weight excluding hydrogens is 362 g/mol. The van der Waals surface area contributed by atoms with Gasteiger partial charge in [-0.05, 0) is 29.3 Å². The van der Waals surface area contributed by atoms with Crippen molar-refractivity contribution in [3.63, 3.8) is 0 Å². The Morgan fingerprint density at radius 1 is 0.643 bits per heavy atom. The van der Waals surface area contributed by atoms with Crippen LogP contribution in [0, 0.1) is 0 Å². The molecule has 0 fully saturated rings. The summed E-state index contributed by atoms with van der Waals surface area (Å²) >= 11 is 1.82. The Labute approximate surface area is 164 Å². The first-order chi connectivity index (χ1) is 13.8. The molecule has 1 aliphatic rings. The molecule has 0 spiro atoms. The molecule has 130 valence electrons. The van der Waals surface area contributed by atoms with E-state index in [0.29, 0.717) is 0 Å². The third-order valence-corrected chi connectivity index (χ3v) is 7.09. The van der Waals surface area contributed by atoms with Gasteiger partial charge in [-0.2, -0.15) is 0 Å². The maximum Gasteiger partial charge on any atom is 0.196 e. The smallest absolute Gasteiger partial charge is 0.196 e. The zero-order chi connectivity index (χ0) is 18.4. The molecule has 4 aromatic carbocycles. The second-order valence-electron chi connectivity index (χ2n) is 7.40. The monoisotopic (exact) mass is 375 g/mol. The normalized spacial score (nSPS) is 13.1. The molecule has 0 saturated carbocycles. The minimum Gasteiger partial charge on any atom is -0.354 e. The van der Waals surface area contributed by atoms with Gasteiger partial charge in [-0.3, -0.25) is 4.79 Å². The fourth-order valence-corrected chi connectivity index (χ4v) is 5.83. The van der Waals surface area contributed by atoms with E-state index in [9.17, 15) is 4.79 Å². The van der Waals surface area contributed by atoms with Crippen LogP contribution in [0.5, 0.6) is 0 Å². The summed E-state index contributed by atoms with van der Waals surface area (Å²) in [5, 5.41) is 4.87. The molecule has 0 amide bonds. The lowest BCUT2D eigenvalue weighted by Crippen LogP contribution is -1.95. The molecule has 3 heteroatoms. The molecule has 0 atom stereocenters. The van der Waals surface area contributed by atoms with Gasteiger partial charge in [0.2, 0.25) is 0 Å². The largest absolute Gasteiger partial charge is 0.354 e. The van der Waals surface area contributed by atoms with Gasteiger partial charge in [0, 0.05) is 42.0 Å². The van der Waals surface area contributed by atoms with Crippen LogP contribution in [0.1, 0.15) is 15.9 Å². The summed E-state index contributed by atoms with van der Waals surface area (Å²) in [7, 11) is 0. The van der Waals surface area contributed by atoms with Crippen LogP contribution in [-0.4, -0.2) is 10.8 Å². The lowest BCUT2D eigenvalue weighted by Gasteiger charge is -2.00. The van der Waals surface area contributed by atoms with Gasteiger partial charge in [-0.1, -0.05) is 54.6 Å². The average Bonchev–Trinajstić information content (AvgIpc) is 3.36. The highest BCUT2D eigenvalue weighted by Gasteiger charge is 2.29. The fraction of sp³-hybridized carbons (Fsp3) is 0. The molecule has 7 rings (SSSR count). The Morgan fingerprint density at radius 2 is 1.46 bits per heavy atom. The van der Waals surface area contributed by atoms with Gasteiger partial charge in [0.1, 0.15) is 0 Å². The second-order valence-corrected chi connectivity index (χ2v) is 8.49. The molecule has 2 nitrogen and oxygen atoms in total. The Kier molecular flexibility index (Phi) is 2.55. The molecule has 0 radical (unpaired) electrons. The van der Waals surface area contributed by atoms with Crippen LogP contribution in [0.15, 0.2) is 72.8 Å². The van der Waals surface area contributed by atoms with Crippen LogP contribution >= 0.6 is 11.3 Å². The number of aromatic nitrogens is 1. The lowest BCUT2D eigenvalue weighted by atomic mass is 10.0. The number of H-pyrrole nitrogens is 1. The van der Waals surface area contributed by atoms with Crippen molar-refractivity contribution in [2.75, 3.05) is 0 Å². The Balaban J connectivity index is 1.62. The van der Waals surface area contributed by atoms with E-state index in [4.69, 9.17) is 0 Å². The number of rotatable bonds is 0. The molecule has 6 aromatic rings. The second kappa shape index (κ2) is 4.89. The molecule has 2 heterocycles. The predicted molar refractivity (Wildman–Crippen MR) is 118 cm³/mol. The van der Waals surface area contributed by atoms with Crippen molar-refractivity contribution in [2.45, 2.75) is 0 Å². The number of thiophene rings is 1. The number of hydrogen-bond donors (Lipinski definition) is 1. The first-order valence-corrected chi connectivity index (χ1v) is 10.1. The quantitative estimate of drug-likeness (QED) is 0.307. The van der Waals surface area contributed by atoms with Crippen LogP contribution in [0.2, 0.25) is 0 Å². The van der Waals surface area contributed by atoms with Gasteiger partial charge in [0.15, 0.2) is 5.78 Å². The number of aromatic amines is 1. The number of fused-ring (bicyclic) bond motifs is 10. The van der Waals surface area contributed by atoms with Crippen LogP contribution in [0.3, 0.4) is 0 Å². The number of nitrogens with one attached hydrogen (secondary N) is 1. The molecule has 0 aliphatic heterocycles. The highest BCUT2D eigenvalue weighted by molar-refractivity contribution is 7.25. The summed E-state index contributed by atoms with van der Waals surface area (Å²) in [6.07, 6.45) is 0. The number of carbonyl (C=O) groups excluding carboxylic acids is 1. The summed E-state index contributed by atoms with van der Waals surface area (Å²) in [5.41, 5.74) is 5.72. The highest BCUT2D eigenvalue weighted by atomic mass is 32.1. The summed E-state index contributed by atoms with van der Waals surface area (Å²) < 4.78 is 2.58. The van der Waals surface area contributed by atoms with E-state index in [1.54, 1.807) is 0 Å². The van der Waals surface area contributed by atoms with E-state index in [2.05, 4.69) is 53.5 Å². The SMILES string of the molecule is O=C1c2ccccc2-c2ccc3c([nH]c4cc5sc6ccccc6c5cc43)c21. The number of benzene rings is 4. The maximum absolute atomic E-state index is 13.1. The summed E-state index contributed by atoms with van der Waals surface area (Å²) in [4.78, 5) is 16.7. The Bertz CT molecular complexity index is 1630. The van der Waals surface area contributed by atoms with Gasteiger partial charge in [0.25, 0.3) is 0 Å². The van der Waals surface area contributed by atoms with E-state index in [1.165, 1.54) is 25.6 Å². The number of ketones is 1. The van der Waals surface area contributed by atoms with Crippen molar-refractivity contribution in [3.05, 3.63) is 83.9 Å². The standard InChI is InChI=1S/C25H13NOS/c27-25-17-7-2-1-5-13(17)15-9-10-16-18-11-19-14-6-3-4-8-21(14)28-22(19)12-20(18)26-24(16)23(15)25/h1-12,26H. The highest BCUT2D eigenvalue weighted by Crippen LogP contribution is 2.43. The van der Waals surface area contributed by atoms with Crippen LogP contribution in [-0.2, 0) is 0 Å². The summed E-state index contributed by atoms with van der Waals surface area (Å²) in [5.74, 6) is 0.120. The van der Waals surface area contributed by atoms with Gasteiger partial charge in [-0.15, -0.1) is 11.3 Å². The lowest BCUT2D eigenvalue weighted by molar-refractivity contribution is 0.104. The predicted octanol–water partition coefficient (Wildman–Crippen LogP) is 6.90. The van der Waals surface area contributed by atoms with Crippen molar-refractivity contribution in [1.29, 1.82) is 0 Å². The van der Waals surface area contributed by atoms with E-state index in [0.717, 1.165) is 38.7 Å². The molecule has 1 N–H and O–H groups in total. The molecule has 0 saturated heterocycles. The Morgan fingerprint density at radius 3 is 2.39 bits per heavy atom. The molecule has 0 unspecified atom stereocenters. The van der Waals surface area contributed by atoms with E-state index >= 15 is 0 Å². The Hall–Kier alpha value is -3.43. The third kappa shape index (κ3) is 1.66. The van der Waals surface area contributed by atoms with Crippen LogP contribution in [0.4, 0.5) is 0 Å². The first-order valence-electron chi connectivity index (χ1n) is 9.33. The number of carbonyl (C=O) groups is 1. The topological polar surface area (TPSA) is 32.9 Å². The van der Waals surface area contributed by atoms with Crippen LogP contribution < -0.4 is 0 Å². The van der Waals surface area contributed by atoms with Crippen molar-refractivity contribution >= 4 is 59.1 Å². The zero-order valence-electron chi connectivity index (χ0n) is 14.7. The first kappa shape index (κ1) is 14.6. The van der Waals surface area contributed by atoms with Gasteiger partial charge in [0.05, 0.1) is 11.1 Å². The van der Waals surface area contributed by atoms with Gasteiger partial charge < -0.3 is 4.98 Å². The van der Waals surface area contributed by atoms with E-state index in [-0.39, 0.29) is 5.78 Å². The van der Waals surface area contributed by atoms with Crippen molar-refractivity contribution in [1.82, 2.24) is 4.98 Å². The van der Waals surface area contributed by atoms with Crippen LogP contribution in [0.25, 0.3) is 53.1 Å². The summed E-state index contributed by atoms with van der Waals surface area (Å²) in [6.45, 7) is 0. The van der Waals surface area contributed by atoms with Crippen molar-refractivity contribution < 1.29 is 4.79 Å². The fourth-order valence-electron chi connectivity index (χ4n) is 4.70. The minimum absolute atomic E-state index is 0.120. The molecular formula is C25H13NOS. The molecule has 0 bridgehead atoms. The average molecular weight is 375 g/mol. The van der Waals surface area contributed by atoms with Gasteiger partial charge in [-0.25, -0.2) is 0 Å². The van der Waals surface area contributed by atoms with E-state index in [1.807, 2.05) is 35.6 Å². The molecule has 1 aliphatic carbocycles. The maximum atomic E-state index is 13.1. The molecule has 2 aromatic heterocycles. The van der Waals surface area contributed by atoms with E-state index < -0.39 is 0 Å². The third-order valence-electron chi connectivity index (χ3n) is 5.96. The van der Waals surface area contributed by atoms with Gasteiger partial charge >= 0.3 is 0 Å². The number of hydrogen-bond acceptors (Lipinski definition) is 2.